The SMILES string of the molecule is CCSc1nnc(NC(=O)c2cc(S(C)(=O)=O)ccc2Cl)s1. The maximum atomic E-state index is 12.2. The van der Waals surface area contributed by atoms with Gasteiger partial charge in [0.15, 0.2) is 14.2 Å². The second-order valence-electron chi connectivity index (χ2n) is 4.17. The predicted molar refractivity (Wildman–Crippen MR) is 88.8 cm³/mol. The highest BCUT2D eigenvalue weighted by Gasteiger charge is 2.17. The Morgan fingerprint density at radius 1 is 1.41 bits per heavy atom. The number of carbonyl (C=O) groups excluding carboxylic acids is 1. The Labute approximate surface area is 141 Å². The number of sulfone groups is 1. The number of thioether (sulfide) groups is 1. The molecule has 0 atom stereocenters. The number of nitrogens with zero attached hydrogens (tertiary/aromatic N) is 2. The van der Waals surface area contributed by atoms with Crippen molar-refractivity contribution in [2.45, 2.75) is 16.2 Å². The van der Waals surface area contributed by atoms with Gasteiger partial charge in [-0.15, -0.1) is 10.2 Å². The van der Waals surface area contributed by atoms with Crippen LogP contribution in [0.15, 0.2) is 27.4 Å². The largest absolute Gasteiger partial charge is 0.296 e. The Morgan fingerprint density at radius 2 is 2.14 bits per heavy atom. The van der Waals surface area contributed by atoms with Crippen molar-refractivity contribution in [1.82, 2.24) is 10.2 Å². The summed E-state index contributed by atoms with van der Waals surface area (Å²) in [5, 5.41) is 10.8. The minimum atomic E-state index is -3.42. The van der Waals surface area contributed by atoms with E-state index in [9.17, 15) is 13.2 Å². The van der Waals surface area contributed by atoms with E-state index in [1.807, 2.05) is 6.92 Å². The van der Waals surface area contributed by atoms with Crippen molar-refractivity contribution in [2.24, 2.45) is 0 Å². The normalized spacial score (nSPS) is 11.4. The first kappa shape index (κ1) is 17.2. The van der Waals surface area contributed by atoms with Crippen LogP contribution in [0.4, 0.5) is 5.13 Å². The number of nitrogens with one attached hydrogen (secondary N) is 1. The van der Waals surface area contributed by atoms with E-state index in [2.05, 4.69) is 15.5 Å². The van der Waals surface area contributed by atoms with Crippen LogP contribution in [0, 0.1) is 0 Å². The average Bonchev–Trinajstić information content (AvgIpc) is 2.85. The van der Waals surface area contributed by atoms with Gasteiger partial charge in [-0.2, -0.15) is 0 Å². The van der Waals surface area contributed by atoms with E-state index in [1.165, 1.54) is 41.3 Å². The van der Waals surface area contributed by atoms with Crippen molar-refractivity contribution >= 4 is 55.6 Å². The zero-order chi connectivity index (χ0) is 16.3. The van der Waals surface area contributed by atoms with Gasteiger partial charge in [0.2, 0.25) is 5.13 Å². The molecule has 1 N–H and O–H groups in total. The number of anilines is 1. The lowest BCUT2D eigenvalue weighted by atomic mass is 10.2. The number of carbonyl (C=O) groups is 1. The first-order chi connectivity index (χ1) is 10.3. The summed E-state index contributed by atoms with van der Waals surface area (Å²) in [5.74, 6) is 0.324. The molecule has 2 rings (SSSR count). The van der Waals surface area contributed by atoms with Gasteiger partial charge in [0.05, 0.1) is 15.5 Å². The molecule has 0 unspecified atom stereocenters. The molecule has 22 heavy (non-hydrogen) atoms. The van der Waals surface area contributed by atoms with Crippen LogP contribution in [0.3, 0.4) is 0 Å². The molecule has 1 aromatic carbocycles. The fourth-order valence-electron chi connectivity index (χ4n) is 1.52. The molecule has 6 nitrogen and oxygen atoms in total. The van der Waals surface area contributed by atoms with Crippen molar-refractivity contribution in [2.75, 3.05) is 17.3 Å². The highest BCUT2D eigenvalue weighted by molar-refractivity contribution is 8.01. The van der Waals surface area contributed by atoms with Crippen LogP contribution in [-0.2, 0) is 9.84 Å². The highest BCUT2D eigenvalue weighted by atomic mass is 35.5. The predicted octanol–water partition coefficient (Wildman–Crippen LogP) is 2.96. The van der Waals surface area contributed by atoms with E-state index >= 15 is 0 Å². The van der Waals surface area contributed by atoms with Crippen molar-refractivity contribution < 1.29 is 13.2 Å². The standard InChI is InChI=1S/C12H12ClN3O3S3/c1-3-20-12-16-15-11(21-12)14-10(17)8-6-7(22(2,18)19)4-5-9(8)13/h4-6H,3H2,1-2H3,(H,14,15,17). The quantitative estimate of drug-likeness (QED) is 0.636. The minimum Gasteiger partial charge on any atom is -0.296 e. The van der Waals surface area contributed by atoms with E-state index in [1.54, 1.807) is 0 Å². The fraction of sp³-hybridized carbons (Fsp3) is 0.250. The Kier molecular flexibility index (Phi) is 5.43. The second-order valence-corrected chi connectivity index (χ2v) is 9.09. The molecule has 1 aromatic heterocycles. The summed E-state index contributed by atoms with van der Waals surface area (Å²) in [6.45, 7) is 1.99. The number of rotatable bonds is 5. The third-order valence-electron chi connectivity index (χ3n) is 2.51. The molecule has 0 saturated heterocycles. The first-order valence-electron chi connectivity index (χ1n) is 6.08. The second kappa shape index (κ2) is 6.95. The highest BCUT2D eigenvalue weighted by Crippen LogP contribution is 2.26. The molecular formula is C12H12ClN3O3S3. The van der Waals surface area contributed by atoms with Crippen molar-refractivity contribution in [3.05, 3.63) is 28.8 Å². The van der Waals surface area contributed by atoms with Gasteiger partial charge in [-0.3, -0.25) is 10.1 Å². The Morgan fingerprint density at radius 3 is 2.77 bits per heavy atom. The first-order valence-corrected chi connectivity index (χ1v) is 10.2. The van der Waals surface area contributed by atoms with E-state index in [4.69, 9.17) is 11.6 Å². The van der Waals surface area contributed by atoms with Crippen LogP contribution >= 0.6 is 34.7 Å². The summed E-state index contributed by atoms with van der Waals surface area (Å²) >= 11 is 8.73. The zero-order valence-corrected chi connectivity index (χ0v) is 14.9. The summed E-state index contributed by atoms with van der Waals surface area (Å²) in [6.07, 6.45) is 1.07. The van der Waals surface area contributed by atoms with Gasteiger partial charge in [-0.1, -0.05) is 41.6 Å². The molecule has 1 heterocycles. The smallest absolute Gasteiger partial charge is 0.259 e. The molecule has 0 aliphatic rings. The lowest BCUT2D eigenvalue weighted by Crippen LogP contribution is -2.13. The number of amides is 1. The summed E-state index contributed by atoms with van der Waals surface area (Å²) in [4.78, 5) is 12.3. The third kappa shape index (κ3) is 4.19. The number of benzene rings is 1. The maximum absolute atomic E-state index is 12.2. The Balaban J connectivity index is 2.25. The van der Waals surface area contributed by atoms with Crippen LogP contribution in [-0.4, -0.2) is 36.5 Å². The summed E-state index contributed by atoms with van der Waals surface area (Å²) in [5.41, 5.74) is 0.0736. The van der Waals surface area contributed by atoms with Gasteiger partial charge in [-0.05, 0) is 24.0 Å². The van der Waals surface area contributed by atoms with E-state index < -0.39 is 15.7 Å². The van der Waals surface area contributed by atoms with Crippen LogP contribution in [0.1, 0.15) is 17.3 Å². The molecule has 0 radical (unpaired) electrons. The molecule has 10 heteroatoms. The summed E-state index contributed by atoms with van der Waals surface area (Å²) in [7, 11) is -3.42. The molecule has 2 aromatic rings. The van der Waals surface area contributed by atoms with Gasteiger partial charge in [0.25, 0.3) is 5.91 Å². The van der Waals surface area contributed by atoms with Crippen LogP contribution in [0.25, 0.3) is 0 Å². The lowest BCUT2D eigenvalue weighted by Gasteiger charge is -2.06. The molecule has 0 spiro atoms. The van der Waals surface area contributed by atoms with Crippen molar-refractivity contribution in [1.29, 1.82) is 0 Å². The van der Waals surface area contributed by atoms with E-state index in [-0.39, 0.29) is 15.5 Å². The molecule has 118 valence electrons. The van der Waals surface area contributed by atoms with Gasteiger partial charge >= 0.3 is 0 Å². The number of halogens is 1. The monoisotopic (exact) mass is 377 g/mol. The number of hydrogen-bond donors (Lipinski definition) is 1. The van der Waals surface area contributed by atoms with Gasteiger partial charge < -0.3 is 0 Å². The Bertz CT molecular complexity index is 805. The number of aromatic nitrogens is 2. The molecule has 0 saturated carbocycles. The van der Waals surface area contributed by atoms with Gasteiger partial charge in [-0.25, -0.2) is 8.42 Å². The zero-order valence-electron chi connectivity index (χ0n) is 11.7. The van der Waals surface area contributed by atoms with Crippen LogP contribution < -0.4 is 5.32 Å². The third-order valence-corrected chi connectivity index (χ3v) is 5.80. The molecule has 0 aliphatic heterocycles. The van der Waals surface area contributed by atoms with E-state index in [0.717, 1.165) is 16.3 Å². The molecule has 0 bridgehead atoms. The Hall–Kier alpha value is -1.16. The van der Waals surface area contributed by atoms with Crippen LogP contribution in [0.2, 0.25) is 5.02 Å². The van der Waals surface area contributed by atoms with Crippen molar-refractivity contribution in [3.63, 3.8) is 0 Å². The molecular weight excluding hydrogens is 366 g/mol. The van der Waals surface area contributed by atoms with Gasteiger partial charge in [0.1, 0.15) is 0 Å². The van der Waals surface area contributed by atoms with Crippen LogP contribution in [0.5, 0.6) is 0 Å². The van der Waals surface area contributed by atoms with Crippen molar-refractivity contribution in [3.8, 4) is 0 Å². The molecule has 0 aliphatic carbocycles. The van der Waals surface area contributed by atoms with Gasteiger partial charge in [0, 0.05) is 6.26 Å². The average molecular weight is 378 g/mol. The lowest BCUT2D eigenvalue weighted by molar-refractivity contribution is 0.102. The molecule has 0 fully saturated rings. The topological polar surface area (TPSA) is 89.0 Å². The minimum absolute atomic E-state index is 0.0292. The fourth-order valence-corrected chi connectivity index (χ4v) is 4.01. The molecule has 1 amide bonds. The maximum Gasteiger partial charge on any atom is 0.259 e. The summed E-state index contributed by atoms with van der Waals surface area (Å²) < 4.78 is 23.9. The van der Waals surface area contributed by atoms with E-state index in [0.29, 0.717) is 5.13 Å². The number of hydrogen-bond acceptors (Lipinski definition) is 7. The summed E-state index contributed by atoms with van der Waals surface area (Å²) in [6, 6.07) is 3.98.